The fourth-order valence-corrected chi connectivity index (χ4v) is 4.38. The number of hydrogen-bond acceptors (Lipinski definition) is 4. The summed E-state index contributed by atoms with van der Waals surface area (Å²) in [5.74, 6) is -4.14. The molecule has 1 aliphatic carbocycles. The number of carboxylic acids is 1. The van der Waals surface area contributed by atoms with E-state index in [1.165, 1.54) is 18.2 Å². The summed E-state index contributed by atoms with van der Waals surface area (Å²) in [6.45, 7) is 3.72. The molecule has 1 aromatic carbocycles. The molecule has 0 bridgehead atoms. The standard InChI is InChI=1S/C23H30F2O5/c1-13(2)9-10-23(24,25)21(27)8-7-16-17-6-5-14-3-4-15(22(28)29)11-19(14)30-20(17)12-18(16)26/h3-4,7-8,11,13,16-18,20-21,26-27H,5-6,9-10,12H2,1-2H3,(H,28,29)/b8-7+/t16-,17-,18-,20+,21?/m1/s1. The first-order valence-electron chi connectivity index (χ1n) is 10.5. The van der Waals surface area contributed by atoms with Crippen LogP contribution < -0.4 is 4.74 Å². The van der Waals surface area contributed by atoms with Crippen molar-refractivity contribution in [2.75, 3.05) is 0 Å². The van der Waals surface area contributed by atoms with E-state index in [0.717, 1.165) is 11.6 Å². The maximum atomic E-state index is 14.2. The molecule has 0 radical (unpaired) electrons. The minimum Gasteiger partial charge on any atom is -0.490 e. The second-order valence-electron chi connectivity index (χ2n) is 8.89. The van der Waals surface area contributed by atoms with Gasteiger partial charge in [-0.2, -0.15) is 0 Å². The van der Waals surface area contributed by atoms with E-state index in [9.17, 15) is 28.9 Å². The zero-order chi connectivity index (χ0) is 22.1. The number of aryl methyl sites for hydroxylation is 1. The molecule has 0 spiro atoms. The van der Waals surface area contributed by atoms with Crippen molar-refractivity contribution < 1.29 is 33.6 Å². The summed E-state index contributed by atoms with van der Waals surface area (Å²) in [4.78, 5) is 11.2. The van der Waals surface area contributed by atoms with Crippen LogP contribution in [0, 0.1) is 17.8 Å². The molecule has 2 aliphatic rings. The van der Waals surface area contributed by atoms with Gasteiger partial charge in [-0.25, -0.2) is 13.6 Å². The molecule has 0 amide bonds. The molecule has 1 unspecified atom stereocenters. The SMILES string of the molecule is CC(C)CCC(F)(F)C(O)/C=C/[C@@H]1[C@H]2CCc3ccc(C(=O)O)cc3O[C@H]2C[C@H]1O. The topological polar surface area (TPSA) is 87.0 Å². The number of hydrogen-bond donors (Lipinski definition) is 3. The second-order valence-corrected chi connectivity index (χ2v) is 8.89. The zero-order valence-corrected chi connectivity index (χ0v) is 17.3. The fourth-order valence-electron chi connectivity index (χ4n) is 4.38. The lowest BCUT2D eigenvalue weighted by atomic mass is 9.87. The molecule has 1 heterocycles. The highest BCUT2D eigenvalue weighted by Crippen LogP contribution is 2.43. The summed E-state index contributed by atoms with van der Waals surface area (Å²) < 4.78 is 34.4. The van der Waals surface area contributed by atoms with Crippen molar-refractivity contribution in [2.45, 2.75) is 70.2 Å². The largest absolute Gasteiger partial charge is 0.490 e. The lowest BCUT2D eigenvalue weighted by molar-refractivity contribution is -0.0947. The number of aliphatic hydroxyl groups is 2. The van der Waals surface area contributed by atoms with Crippen LogP contribution in [0.1, 0.15) is 55.5 Å². The molecule has 1 saturated carbocycles. The molecule has 3 N–H and O–H groups in total. The molecular weight excluding hydrogens is 394 g/mol. The lowest BCUT2D eigenvalue weighted by Gasteiger charge is -2.23. The van der Waals surface area contributed by atoms with E-state index < -0.39 is 30.0 Å². The van der Waals surface area contributed by atoms with Crippen LogP contribution in [-0.2, 0) is 6.42 Å². The molecule has 7 heteroatoms. The van der Waals surface area contributed by atoms with E-state index in [0.29, 0.717) is 31.4 Å². The molecule has 166 valence electrons. The Morgan fingerprint density at radius 1 is 1.37 bits per heavy atom. The van der Waals surface area contributed by atoms with Crippen LogP contribution in [0.2, 0.25) is 0 Å². The van der Waals surface area contributed by atoms with E-state index in [4.69, 9.17) is 4.74 Å². The van der Waals surface area contributed by atoms with Crippen LogP contribution in [0.15, 0.2) is 30.4 Å². The maximum absolute atomic E-state index is 14.2. The summed E-state index contributed by atoms with van der Waals surface area (Å²) in [7, 11) is 0. The summed E-state index contributed by atoms with van der Waals surface area (Å²) in [5.41, 5.74) is 1.03. The van der Waals surface area contributed by atoms with Gasteiger partial charge in [0.2, 0.25) is 0 Å². The van der Waals surface area contributed by atoms with E-state index in [1.807, 2.05) is 13.8 Å². The van der Waals surface area contributed by atoms with Gasteiger partial charge in [-0.15, -0.1) is 0 Å². The molecule has 1 aromatic rings. The third-order valence-corrected chi connectivity index (χ3v) is 6.23. The molecular formula is C23H30F2O5. The van der Waals surface area contributed by atoms with E-state index >= 15 is 0 Å². The van der Waals surface area contributed by atoms with Crippen LogP contribution in [0.25, 0.3) is 0 Å². The monoisotopic (exact) mass is 424 g/mol. The Labute approximate surface area is 175 Å². The number of rotatable bonds is 7. The van der Waals surface area contributed by atoms with Crippen LogP contribution >= 0.6 is 0 Å². The van der Waals surface area contributed by atoms with Gasteiger partial charge in [0.1, 0.15) is 18.0 Å². The smallest absolute Gasteiger partial charge is 0.335 e. The highest BCUT2D eigenvalue weighted by atomic mass is 19.3. The number of aromatic carboxylic acids is 1. The van der Waals surface area contributed by atoms with Crippen molar-refractivity contribution in [3.8, 4) is 5.75 Å². The van der Waals surface area contributed by atoms with Gasteiger partial charge >= 0.3 is 5.97 Å². The summed E-state index contributed by atoms with van der Waals surface area (Å²) >= 11 is 0. The fraction of sp³-hybridized carbons (Fsp3) is 0.609. The van der Waals surface area contributed by atoms with Crippen LogP contribution in [0.3, 0.4) is 0 Å². The predicted molar refractivity (Wildman–Crippen MR) is 108 cm³/mol. The van der Waals surface area contributed by atoms with Crippen molar-refractivity contribution >= 4 is 5.97 Å². The molecule has 5 nitrogen and oxygen atoms in total. The van der Waals surface area contributed by atoms with Gasteiger partial charge in [0.05, 0.1) is 11.7 Å². The van der Waals surface area contributed by atoms with Gasteiger partial charge < -0.3 is 20.1 Å². The van der Waals surface area contributed by atoms with Crippen molar-refractivity contribution in [3.05, 3.63) is 41.5 Å². The first-order valence-corrected chi connectivity index (χ1v) is 10.5. The van der Waals surface area contributed by atoms with Crippen LogP contribution in [0.5, 0.6) is 5.75 Å². The van der Waals surface area contributed by atoms with E-state index in [2.05, 4.69) is 0 Å². The van der Waals surface area contributed by atoms with E-state index in [1.54, 1.807) is 6.07 Å². The second kappa shape index (κ2) is 9.02. The third-order valence-electron chi connectivity index (χ3n) is 6.23. The molecule has 1 fully saturated rings. The van der Waals surface area contributed by atoms with Crippen molar-refractivity contribution in [1.82, 2.24) is 0 Å². The number of ether oxygens (including phenoxy) is 1. The maximum Gasteiger partial charge on any atom is 0.335 e. The first kappa shape index (κ1) is 22.7. The van der Waals surface area contributed by atoms with Gasteiger partial charge in [0.15, 0.2) is 0 Å². The number of halogens is 2. The van der Waals surface area contributed by atoms with Gasteiger partial charge in [-0.3, -0.25) is 0 Å². The number of alkyl halides is 2. The minimum absolute atomic E-state index is 0.103. The Balaban J connectivity index is 1.71. The number of aliphatic hydroxyl groups excluding tert-OH is 2. The minimum atomic E-state index is -3.22. The van der Waals surface area contributed by atoms with Crippen LogP contribution in [-0.4, -0.2) is 45.5 Å². The van der Waals surface area contributed by atoms with Crippen molar-refractivity contribution in [2.24, 2.45) is 17.8 Å². The Bertz CT molecular complexity index is 792. The normalized spacial score (nSPS) is 27.4. The number of fused-ring (bicyclic) bond motifs is 2. The molecule has 5 atom stereocenters. The lowest BCUT2D eigenvalue weighted by Crippen LogP contribution is -2.32. The summed E-state index contributed by atoms with van der Waals surface area (Å²) in [6.07, 6.45) is 1.19. The van der Waals surface area contributed by atoms with Gasteiger partial charge in [-0.1, -0.05) is 32.1 Å². The Hall–Kier alpha value is -1.99. The van der Waals surface area contributed by atoms with Crippen molar-refractivity contribution in [3.63, 3.8) is 0 Å². The molecule has 3 rings (SSSR count). The molecule has 0 aromatic heterocycles. The van der Waals surface area contributed by atoms with E-state index in [-0.39, 0.29) is 29.9 Å². The highest BCUT2D eigenvalue weighted by Gasteiger charge is 2.44. The Morgan fingerprint density at radius 2 is 2.10 bits per heavy atom. The average molecular weight is 424 g/mol. The summed E-state index contributed by atoms with van der Waals surface area (Å²) in [5, 5.41) is 29.7. The average Bonchev–Trinajstić information content (AvgIpc) is 2.85. The summed E-state index contributed by atoms with van der Waals surface area (Å²) in [6, 6.07) is 4.77. The van der Waals surface area contributed by atoms with Gasteiger partial charge in [0, 0.05) is 24.7 Å². The predicted octanol–water partition coefficient (Wildman–Crippen LogP) is 4.06. The third kappa shape index (κ3) is 5.01. The van der Waals surface area contributed by atoms with Crippen molar-refractivity contribution in [1.29, 1.82) is 0 Å². The quantitative estimate of drug-likeness (QED) is 0.575. The Kier molecular flexibility index (Phi) is 6.82. The van der Waals surface area contributed by atoms with Crippen LogP contribution in [0.4, 0.5) is 8.78 Å². The van der Waals surface area contributed by atoms with Gasteiger partial charge in [-0.05, 0) is 42.9 Å². The zero-order valence-electron chi connectivity index (χ0n) is 17.3. The highest BCUT2D eigenvalue weighted by molar-refractivity contribution is 5.88. The number of carboxylic acid groups (broad SMARTS) is 1. The molecule has 0 saturated heterocycles. The number of carbonyl (C=O) groups is 1. The van der Waals surface area contributed by atoms with Gasteiger partial charge in [0.25, 0.3) is 5.92 Å². The molecule has 30 heavy (non-hydrogen) atoms. The Morgan fingerprint density at radius 3 is 2.77 bits per heavy atom. The molecule has 1 aliphatic heterocycles. The number of benzene rings is 1. The first-order chi connectivity index (χ1) is 14.1.